The van der Waals surface area contributed by atoms with Gasteiger partial charge in [-0.25, -0.2) is 14.4 Å². The van der Waals surface area contributed by atoms with E-state index in [0.717, 1.165) is 16.5 Å². The fraction of sp³-hybridized carbons (Fsp3) is 0.561. The number of nitrogens with zero attached hydrogens (tertiary/aromatic N) is 2. The van der Waals surface area contributed by atoms with Crippen LogP contribution in [-0.4, -0.2) is 138 Å². The molecule has 1 heterocycles. The minimum Gasteiger partial charge on any atom is -0.480 e. The van der Waals surface area contributed by atoms with Crippen LogP contribution in [0.15, 0.2) is 66.4 Å². The van der Waals surface area contributed by atoms with Crippen LogP contribution in [0.5, 0.6) is 0 Å². The van der Waals surface area contributed by atoms with E-state index in [4.69, 9.17) is 9.47 Å². The Morgan fingerprint density at radius 1 is 0.759 bits per heavy atom. The second kappa shape index (κ2) is 30.0. The van der Waals surface area contributed by atoms with E-state index < -0.39 is 82.4 Å². The first-order valence-electron chi connectivity index (χ1n) is 26.7. The molecule has 4 atom stereocenters. The third-order valence-corrected chi connectivity index (χ3v) is 13.0. The van der Waals surface area contributed by atoms with Crippen molar-refractivity contribution in [3.63, 3.8) is 0 Å². The molecule has 3 rings (SSSR count). The van der Waals surface area contributed by atoms with Gasteiger partial charge in [0.25, 0.3) is 0 Å². The van der Waals surface area contributed by atoms with Crippen LogP contribution in [0.2, 0.25) is 0 Å². The Morgan fingerprint density at radius 2 is 1.39 bits per heavy atom. The van der Waals surface area contributed by atoms with Crippen molar-refractivity contribution in [3.05, 3.63) is 77.5 Å². The van der Waals surface area contributed by atoms with E-state index >= 15 is 0 Å². The summed E-state index contributed by atoms with van der Waals surface area (Å²) >= 11 is 0. The predicted octanol–water partition coefficient (Wildman–Crippen LogP) is 5.15. The summed E-state index contributed by atoms with van der Waals surface area (Å²) < 4.78 is 12.5. The van der Waals surface area contributed by atoms with Crippen molar-refractivity contribution in [1.29, 1.82) is 0 Å². The number of carboxylic acids is 1. The Kier molecular flexibility index (Phi) is 25.0. The molecule has 2 aromatic carbocycles. The zero-order valence-corrected chi connectivity index (χ0v) is 48.6. The Balaban J connectivity index is 1.35. The summed E-state index contributed by atoms with van der Waals surface area (Å²) in [6.45, 7) is 19.9. The lowest BCUT2D eigenvalue weighted by Crippen LogP contribution is -2.60. The van der Waals surface area contributed by atoms with E-state index in [-0.39, 0.29) is 55.8 Å². The Bertz CT molecular complexity index is 2630. The number of aromatic nitrogens is 1. The summed E-state index contributed by atoms with van der Waals surface area (Å²) in [5.74, 6) is -4.40. The van der Waals surface area contributed by atoms with E-state index in [2.05, 4.69) is 42.5 Å². The van der Waals surface area contributed by atoms with Gasteiger partial charge in [0.2, 0.25) is 35.4 Å². The highest BCUT2D eigenvalue weighted by Gasteiger charge is 2.42. The number of carbonyl (C=O) groups excluding carboxylic acids is 8. The maximum absolute atomic E-state index is 14.1. The highest BCUT2D eigenvalue weighted by Crippen LogP contribution is 2.35. The molecule has 3 aromatic rings. The molecule has 0 aliphatic carbocycles. The molecular formula is C57H86N10O12. The Hall–Kier alpha value is -7.49. The SMILES string of the molecule is CN[C@H](C(=O)N[C@H](C(=O)N(C)C/C=C(\C)C(=O)N[C@H](CCC(=O)NCCCCCNC(=O)OCc1ccc(NC(=O)CNC(=O)[C@@H](NC(=O)OC(C)(C)C)C(C)C)cc1)C(=O)O)C(C)(C)C)C(C)(C)c1cn(C)c2ccccc12. The number of benzene rings is 2. The van der Waals surface area contributed by atoms with Gasteiger partial charge in [-0.05, 0) is 101 Å². The number of amides is 8. The first-order valence-corrected chi connectivity index (χ1v) is 26.7. The molecule has 0 spiro atoms. The van der Waals surface area contributed by atoms with Gasteiger partial charge in [-0.3, -0.25) is 28.8 Å². The molecule has 0 bridgehead atoms. The molecule has 1 aromatic heterocycles. The van der Waals surface area contributed by atoms with Crippen LogP contribution in [0.25, 0.3) is 10.9 Å². The Labute approximate surface area is 464 Å². The number of unbranched alkanes of at least 4 members (excludes halogenated alkanes) is 2. The number of hydrogen-bond donors (Lipinski definition) is 9. The number of carbonyl (C=O) groups is 9. The molecule has 436 valence electrons. The number of aliphatic carboxylic acids is 1. The molecule has 8 amide bonds. The van der Waals surface area contributed by atoms with E-state index in [1.54, 1.807) is 73.0 Å². The van der Waals surface area contributed by atoms with Crippen molar-refractivity contribution < 1.29 is 57.7 Å². The van der Waals surface area contributed by atoms with Gasteiger partial charge >= 0.3 is 18.2 Å². The molecule has 0 aliphatic rings. The molecule has 0 saturated heterocycles. The van der Waals surface area contributed by atoms with Crippen LogP contribution in [0.1, 0.15) is 119 Å². The van der Waals surface area contributed by atoms with Crippen LogP contribution < -0.4 is 42.5 Å². The number of likely N-dealkylation sites (N-methyl/N-ethyl adjacent to an activating group) is 2. The smallest absolute Gasteiger partial charge is 0.408 e. The van der Waals surface area contributed by atoms with Gasteiger partial charge in [-0.2, -0.15) is 0 Å². The number of nitrogens with one attached hydrogen (secondary N) is 8. The number of aryl methyl sites for hydroxylation is 1. The second-order valence-electron chi connectivity index (χ2n) is 22.7. The van der Waals surface area contributed by atoms with Crippen molar-refractivity contribution in [2.24, 2.45) is 18.4 Å². The molecule has 22 heteroatoms. The van der Waals surface area contributed by atoms with Gasteiger partial charge in [0.05, 0.1) is 12.6 Å². The van der Waals surface area contributed by atoms with Gasteiger partial charge in [0.1, 0.15) is 30.3 Å². The monoisotopic (exact) mass is 1100 g/mol. The van der Waals surface area contributed by atoms with Crippen LogP contribution in [0, 0.1) is 11.3 Å². The van der Waals surface area contributed by atoms with Crippen LogP contribution in [0.4, 0.5) is 15.3 Å². The molecule has 9 N–H and O–H groups in total. The normalized spacial score (nSPS) is 13.5. The molecule has 79 heavy (non-hydrogen) atoms. The number of hydrogen-bond acceptors (Lipinski definition) is 12. The summed E-state index contributed by atoms with van der Waals surface area (Å²) in [7, 11) is 5.23. The average Bonchev–Trinajstić information content (AvgIpc) is 3.73. The van der Waals surface area contributed by atoms with Crippen LogP contribution in [-0.2, 0) is 62.1 Å². The number of rotatable bonds is 28. The molecule has 0 unspecified atom stereocenters. The number of alkyl carbamates (subject to hydrolysis) is 2. The van der Waals surface area contributed by atoms with E-state index in [1.807, 2.05) is 76.7 Å². The van der Waals surface area contributed by atoms with Gasteiger partial charge in [0.15, 0.2) is 0 Å². The number of para-hydroxylation sites is 1. The summed E-state index contributed by atoms with van der Waals surface area (Å²) in [5.41, 5.74) is 1.16. The van der Waals surface area contributed by atoms with Gasteiger partial charge < -0.3 is 66.6 Å². The van der Waals surface area contributed by atoms with Crippen LogP contribution in [0.3, 0.4) is 0 Å². The molecule has 22 nitrogen and oxygen atoms in total. The largest absolute Gasteiger partial charge is 0.480 e. The predicted molar refractivity (Wildman–Crippen MR) is 301 cm³/mol. The minimum atomic E-state index is -1.35. The summed E-state index contributed by atoms with van der Waals surface area (Å²) in [5, 5.41) is 32.7. The maximum Gasteiger partial charge on any atom is 0.408 e. The van der Waals surface area contributed by atoms with Crippen molar-refractivity contribution in [1.82, 2.24) is 46.7 Å². The third-order valence-electron chi connectivity index (χ3n) is 13.0. The van der Waals surface area contributed by atoms with Gasteiger partial charge in [0, 0.05) is 73.9 Å². The molecule has 0 radical (unpaired) electrons. The number of carboxylic acid groups (broad SMARTS) is 1. The third kappa shape index (κ3) is 21.3. The minimum absolute atomic E-state index is 0.00808. The lowest BCUT2D eigenvalue weighted by Gasteiger charge is -2.38. The molecule has 0 fully saturated rings. The van der Waals surface area contributed by atoms with Crippen molar-refractivity contribution in [2.75, 3.05) is 45.6 Å². The van der Waals surface area contributed by atoms with Crippen molar-refractivity contribution in [2.45, 2.75) is 150 Å². The summed E-state index contributed by atoms with van der Waals surface area (Å²) in [6, 6.07) is 10.6. The lowest BCUT2D eigenvalue weighted by atomic mass is 9.76. The van der Waals surface area contributed by atoms with E-state index in [0.29, 0.717) is 43.6 Å². The fourth-order valence-corrected chi connectivity index (χ4v) is 8.46. The Morgan fingerprint density at radius 3 is 1.99 bits per heavy atom. The van der Waals surface area contributed by atoms with Crippen molar-refractivity contribution in [3.8, 4) is 0 Å². The topological polar surface area (TPSA) is 297 Å². The maximum atomic E-state index is 14.1. The highest BCUT2D eigenvalue weighted by molar-refractivity contribution is 5.97. The van der Waals surface area contributed by atoms with Gasteiger partial charge in [-0.1, -0.05) is 84.9 Å². The van der Waals surface area contributed by atoms with E-state index in [9.17, 15) is 48.3 Å². The quantitative estimate of drug-likeness (QED) is 0.0337. The zero-order valence-electron chi connectivity index (χ0n) is 48.6. The molecular weight excluding hydrogens is 1020 g/mol. The van der Waals surface area contributed by atoms with Crippen LogP contribution >= 0.6 is 0 Å². The first kappa shape index (κ1) is 65.8. The summed E-state index contributed by atoms with van der Waals surface area (Å²) in [6.07, 6.45) is 3.67. The second-order valence-corrected chi connectivity index (χ2v) is 22.7. The molecule has 0 aliphatic heterocycles. The number of anilines is 1. The number of ether oxygens (including phenoxy) is 2. The highest BCUT2D eigenvalue weighted by atomic mass is 16.6. The number of fused-ring (bicyclic) bond motifs is 1. The zero-order chi connectivity index (χ0) is 59.4. The average molecular weight is 1100 g/mol. The van der Waals surface area contributed by atoms with E-state index in [1.165, 1.54) is 17.9 Å². The first-order chi connectivity index (χ1) is 36.9. The standard InChI is InChI=1S/C57H86N10O12/c1-35(2)45(64-54(77)79-56(7,8)9)49(71)61-32-44(69)62-38-24-22-37(23-25-38)34-78-53(76)60-30-19-15-18-29-59-43(68)27-26-41(52(74)75)63-48(70)36(3)28-31-66(13)51(73)47(55(4,5)6)65-50(72)46(58-12)57(10,11)40-33-67(14)42-21-17-16-20-39(40)42/h16-17,20-25,28,33,35,41,45-47,58H,15,18-19,26-27,29-32,34H2,1-14H3,(H,59,68)(H,60,76)(H,61,71)(H,62,69)(H,63,70)(H,64,77)(H,65,72)(H,74,75)/b36-28+/t41-,45+,46-,47-/m1/s1. The fourth-order valence-electron chi connectivity index (χ4n) is 8.46. The molecule has 0 saturated carbocycles. The summed E-state index contributed by atoms with van der Waals surface area (Å²) in [4.78, 5) is 117. The van der Waals surface area contributed by atoms with Gasteiger partial charge in [-0.15, -0.1) is 0 Å². The van der Waals surface area contributed by atoms with Crippen molar-refractivity contribution >= 4 is 70.2 Å². The lowest BCUT2D eigenvalue weighted by molar-refractivity contribution is -0.141.